The van der Waals surface area contributed by atoms with E-state index in [4.69, 9.17) is 47.0 Å². The molecule has 0 bridgehead atoms. The summed E-state index contributed by atoms with van der Waals surface area (Å²) in [5, 5.41) is 45.2. The average molecular weight is 672 g/mol. The molecule has 3 aliphatic rings. The number of carbonyl (C=O) groups excluding carboxylic acids is 1. The molecular weight excluding hydrogens is 638 g/mol. The Morgan fingerprint density at radius 3 is 2.49 bits per heavy atom. The number of allylic oxidation sites excluding steroid dienone is 1. The summed E-state index contributed by atoms with van der Waals surface area (Å²) in [5.74, 6) is -1.25. The van der Waals surface area contributed by atoms with E-state index in [9.17, 15) is 29.6 Å². The van der Waals surface area contributed by atoms with Crippen LogP contribution in [0.25, 0.3) is 6.08 Å². The van der Waals surface area contributed by atoms with Crippen molar-refractivity contribution >= 4 is 35.2 Å². The van der Waals surface area contributed by atoms with Crippen molar-refractivity contribution in [3.63, 3.8) is 0 Å². The number of ether oxygens (including phenoxy) is 4. The minimum Gasteiger partial charge on any atom is -0.455 e. The topological polar surface area (TPSA) is 168 Å². The fraction of sp³-hybridized carbons (Fsp3) is 0.433. The van der Waals surface area contributed by atoms with Gasteiger partial charge in [0.15, 0.2) is 11.6 Å². The van der Waals surface area contributed by atoms with Gasteiger partial charge in [0.05, 0.1) is 11.7 Å². The summed E-state index contributed by atoms with van der Waals surface area (Å²) >= 11 is 12.1. The normalized spacial score (nSPS) is 30.8. The molecular formula is C30H33Cl2FN2O10. The van der Waals surface area contributed by atoms with Crippen LogP contribution in [0.4, 0.5) is 4.39 Å². The predicted molar refractivity (Wildman–Crippen MR) is 158 cm³/mol. The summed E-state index contributed by atoms with van der Waals surface area (Å²) in [6.07, 6.45) is -6.83. The van der Waals surface area contributed by atoms with Gasteiger partial charge in [-0.15, -0.1) is 0 Å². The fourth-order valence-electron chi connectivity index (χ4n) is 5.18. The minimum atomic E-state index is -1.50. The van der Waals surface area contributed by atoms with Crippen LogP contribution in [-0.2, 0) is 30.4 Å². The lowest BCUT2D eigenvalue weighted by Gasteiger charge is -2.41. The zero-order valence-electron chi connectivity index (χ0n) is 24.2. The molecule has 0 unspecified atom stereocenters. The number of aliphatic hydroxyl groups excluding tert-OH is 4. The van der Waals surface area contributed by atoms with Gasteiger partial charge in [0, 0.05) is 22.0 Å². The van der Waals surface area contributed by atoms with Crippen LogP contribution in [0, 0.1) is 5.82 Å². The number of halogens is 3. The molecule has 12 nitrogen and oxygen atoms in total. The van der Waals surface area contributed by atoms with E-state index in [0.717, 1.165) is 6.07 Å². The second-order valence-corrected chi connectivity index (χ2v) is 11.8. The van der Waals surface area contributed by atoms with Gasteiger partial charge in [-0.25, -0.2) is 4.39 Å². The Hall–Kier alpha value is -2.98. The number of hydrogen-bond donors (Lipinski definition) is 6. The maximum atomic E-state index is 15.0. The van der Waals surface area contributed by atoms with Gasteiger partial charge in [-0.2, -0.15) is 0 Å². The highest BCUT2D eigenvalue weighted by molar-refractivity contribution is 6.35. The van der Waals surface area contributed by atoms with Gasteiger partial charge >= 0.3 is 0 Å². The Morgan fingerprint density at radius 2 is 1.78 bits per heavy atom. The van der Waals surface area contributed by atoms with Crippen LogP contribution in [0.1, 0.15) is 31.4 Å². The number of carbonyl (C=O) groups is 1. The lowest BCUT2D eigenvalue weighted by atomic mass is 9.83. The standard InChI is InChI=1S/C30H33Cl2FN2O10/c1-13(29(40)34-23-24(37)26(39)28-27(25(23)38)41-12-42-28)7-15-3-6-21(19(33)8-15)44-30-20(36)10-22(45-30)14(2)35-43-11-16-4-5-17(31)9-18(16)32/h3-9,20,23-28,30,35-39H,10-12H2,1-2H3,(H,34,40)/t20-,23+,24-,25+,26+,27-,28+,30+/m0/s1. The Balaban J connectivity index is 1.16. The van der Waals surface area contributed by atoms with Crippen molar-refractivity contribution in [2.45, 2.75) is 75.8 Å². The van der Waals surface area contributed by atoms with Gasteiger partial charge in [0.1, 0.15) is 55.8 Å². The Morgan fingerprint density at radius 1 is 1.04 bits per heavy atom. The second kappa shape index (κ2) is 14.2. The molecule has 2 aliphatic heterocycles. The van der Waals surface area contributed by atoms with E-state index in [1.165, 1.54) is 25.1 Å². The van der Waals surface area contributed by atoms with Crippen molar-refractivity contribution in [3.8, 4) is 5.75 Å². The number of fused-ring (bicyclic) bond motifs is 1. The molecule has 2 aromatic rings. The summed E-state index contributed by atoms with van der Waals surface area (Å²) in [6, 6.07) is 7.76. The van der Waals surface area contributed by atoms with Gasteiger partial charge in [-0.3, -0.25) is 15.1 Å². The van der Waals surface area contributed by atoms with Crippen LogP contribution < -0.4 is 15.5 Å². The number of rotatable bonds is 9. The van der Waals surface area contributed by atoms with Crippen molar-refractivity contribution in [1.29, 1.82) is 0 Å². The van der Waals surface area contributed by atoms with Crippen LogP contribution in [0.15, 0.2) is 53.4 Å². The quantitative estimate of drug-likeness (QED) is 0.171. The molecule has 0 spiro atoms. The van der Waals surface area contributed by atoms with E-state index in [1.807, 2.05) is 0 Å². The molecule has 6 N–H and O–H groups in total. The SMILES string of the molecule is CC(=Cc1ccc(O[C@@H]2OC(=C(C)NOCc3ccc(Cl)cc3Cl)C[C@@H]2O)c(F)c1)C(=O)N[C@@H]1[C@H](O)[C@@H](O)[C@H]2OCO[C@H]2[C@@H]1O. The van der Waals surface area contributed by atoms with E-state index >= 15 is 0 Å². The molecule has 2 saturated heterocycles. The number of nitrogens with one attached hydrogen (secondary N) is 2. The predicted octanol–water partition coefficient (Wildman–Crippen LogP) is 2.30. The highest BCUT2D eigenvalue weighted by atomic mass is 35.5. The van der Waals surface area contributed by atoms with Gasteiger partial charge in [0.25, 0.3) is 6.29 Å². The molecule has 1 saturated carbocycles. The number of benzene rings is 2. The van der Waals surface area contributed by atoms with E-state index in [2.05, 4.69) is 10.8 Å². The zero-order chi connectivity index (χ0) is 32.4. The van der Waals surface area contributed by atoms with E-state index < -0.39 is 60.7 Å². The molecule has 15 heteroatoms. The van der Waals surface area contributed by atoms with Crippen LogP contribution >= 0.6 is 23.2 Å². The first-order valence-corrected chi connectivity index (χ1v) is 14.8. The third-order valence-corrected chi connectivity index (χ3v) is 8.28. The van der Waals surface area contributed by atoms with Crippen molar-refractivity contribution < 1.29 is 53.4 Å². The van der Waals surface area contributed by atoms with Crippen molar-refractivity contribution in [3.05, 3.63) is 80.4 Å². The lowest BCUT2D eigenvalue weighted by molar-refractivity contribution is -0.155. The molecule has 2 aromatic carbocycles. The minimum absolute atomic E-state index is 0.0906. The molecule has 1 aliphatic carbocycles. The molecule has 1 amide bonds. The lowest BCUT2D eigenvalue weighted by Crippen LogP contribution is -2.67. The monoisotopic (exact) mass is 670 g/mol. The maximum Gasteiger partial charge on any atom is 0.266 e. The van der Waals surface area contributed by atoms with Gasteiger partial charge < -0.3 is 44.7 Å². The second-order valence-electron chi connectivity index (χ2n) is 10.9. The summed E-state index contributed by atoms with van der Waals surface area (Å²) < 4.78 is 36.8. The molecule has 3 fully saturated rings. The van der Waals surface area contributed by atoms with E-state index in [-0.39, 0.29) is 31.1 Å². The summed E-state index contributed by atoms with van der Waals surface area (Å²) in [7, 11) is 0. The smallest absolute Gasteiger partial charge is 0.266 e. The first-order valence-electron chi connectivity index (χ1n) is 14.0. The van der Waals surface area contributed by atoms with Gasteiger partial charge in [-0.1, -0.05) is 35.3 Å². The number of aliphatic hydroxyl groups is 4. The zero-order valence-corrected chi connectivity index (χ0v) is 25.7. The van der Waals surface area contributed by atoms with Crippen molar-refractivity contribution in [1.82, 2.24) is 10.8 Å². The number of hydrogen-bond acceptors (Lipinski definition) is 11. The highest BCUT2D eigenvalue weighted by Crippen LogP contribution is 2.32. The van der Waals surface area contributed by atoms with Gasteiger partial charge in [-0.05, 0) is 55.3 Å². The largest absolute Gasteiger partial charge is 0.455 e. The van der Waals surface area contributed by atoms with Crippen molar-refractivity contribution in [2.24, 2.45) is 0 Å². The molecule has 8 atom stereocenters. The first kappa shape index (κ1) is 33.4. The van der Waals surface area contributed by atoms with Crippen LogP contribution in [-0.4, -0.2) is 82.1 Å². The molecule has 244 valence electrons. The molecule has 0 aromatic heterocycles. The third-order valence-electron chi connectivity index (χ3n) is 7.70. The molecule has 0 radical (unpaired) electrons. The molecule has 5 rings (SSSR count). The van der Waals surface area contributed by atoms with E-state index in [0.29, 0.717) is 32.6 Å². The maximum absolute atomic E-state index is 15.0. The fourth-order valence-corrected chi connectivity index (χ4v) is 5.64. The summed E-state index contributed by atoms with van der Waals surface area (Å²) in [4.78, 5) is 18.3. The molecule has 45 heavy (non-hydrogen) atoms. The first-order chi connectivity index (χ1) is 21.4. The van der Waals surface area contributed by atoms with Crippen molar-refractivity contribution in [2.75, 3.05) is 6.79 Å². The number of amides is 1. The highest BCUT2D eigenvalue weighted by Gasteiger charge is 2.53. The Kier molecular flexibility index (Phi) is 10.5. The van der Waals surface area contributed by atoms with Crippen LogP contribution in [0.5, 0.6) is 5.75 Å². The Labute approximate surface area is 267 Å². The summed E-state index contributed by atoms with van der Waals surface area (Å²) in [6.45, 7) is 3.13. The van der Waals surface area contributed by atoms with Crippen LogP contribution in [0.3, 0.4) is 0 Å². The van der Waals surface area contributed by atoms with Gasteiger partial charge in [0.2, 0.25) is 5.91 Å². The Bertz CT molecular complexity index is 1480. The third kappa shape index (κ3) is 7.54. The van der Waals surface area contributed by atoms with Crippen LogP contribution in [0.2, 0.25) is 10.0 Å². The number of hydroxylamine groups is 1. The summed E-state index contributed by atoms with van der Waals surface area (Å²) in [5.41, 5.74) is 4.38. The average Bonchev–Trinajstić information content (AvgIpc) is 3.64. The van der Waals surface area contributed by atoms with E-state index in [1.54, 1.807) is 25.1 Å². The molecule has 2 heterocycles.